The van der Waals surface area contributed by atoms with E-state index in [1.54, 1.807) is 0 Å². The highest BCUT2D eigenvalue weighted by Gasteiger charge is 2.11. The molecule has 94 valence electrons. The van der Waals surface area contributed by atoms with Gasteiger partial charge in [0.2, 0.25) is 0 Å². The van der Waals surface area contributed by atoms with Gasteiger partial charge < -0.3 is 0 Å². The first-order valence-corrected chi connectivity index (χ1v) is 11.4. The van der Waals surface area contributed by atoms with Crippen LogP contribution in [0.2, 0.25) is 19.6 Å². The largest absolute Gasteiger partial charge is 0.261 e. The van der Waals surface area contributed by atoms with Crippen LogP contribution in [0, 0.1) is 6.92 Å². The molecule has 0 unspecified atom stereocenters. The van der Waals surface area contributed by atoms with E-state index in [0.29, 0.717) is 0 Å². The maximum atomic E-state index is 4.48. The van der Waals surface area contributed by atoms with Gasteiger partial charge in [0.25, 0.3) is 0 Å². The Kier molecular flexibility index (Phi) is 5.99. The van der Waals surface area contributed by atoms with E-state index in [0.717, 1.165) is 12.1 Å². The average Bonchev–Trinajstić information content (AvgIpc) is 2.22. The Morgan fingerprint density at radius 3 is 2.71 bits per heavy atom. The zero-order valence-electron chi connectivity index (χ0n) is 11.4. The van der Waals surface area contributed by atoms with Crippen molar-refractivity contribution in [1.82, 2.24) is 0 Å². The molecule has 0 amide bonds. The maximum Gasteiger partial charge on any atom is 0.108 e. The summed E-state index contributed by atoms with van der Waals surface area (Å²) in [5.74, 6) is 1.27. The van der Waals surface area contributed by atoms with Gasteiger partial charge in [0.15, 0.2) is 0 Å². The summed E-state index contributed by atoms with van der Waals surface area (Å²) in [6.45, 7) is 9.30. The molecule has 17 heavy (non-hydrogen) atoms. The van der Waals surface area contributed by atoms with Gasteiger partial charge in [-0.2, -0.15) is 11.2 Å². The van der Waals surface area contributed by atoms with Crippen LogP contribution in [0.4, 0.5) is 5.69 Å². The second-order valence-corrected chi connectivity index (χ2v) is 14.7. The van der Waals surface area contributed by atoms with Crippen LogP contribution < -0.4 is 0 Å². The van der Waals surface area contributed by atoms with Crippen molar-refractivity contribution in [3.8, 4) is 0 Å². The van der Waals surface area contributed by atoms with Crippen LogP contribution in [0.15, 0.2) is 29.3 Å². The molecule has 0 bridgehead atoms. The van der Waals surface area contributed by atoms with Crippen molar-refractivity contribution < 1.29 is 0 Å². The lowest BCUT2D eigenvalue weighted by Crippen LogP contribution is -2.14. The summed E-state index contributed by atoms with van der Waals surface area (Å²) in [5, 5.41) is 0. The first-order valence-electron chi connectivity index (χ1n) is 6.20. The highest BCUT2D eigenvalue weighted by atomic mass is 32.4. The molecule has 0 aromatic heterocycles. The summed E-state index contributed by atoms with van der Waals surface area (Å²) in [4.78, 5) is 4.48. The molecular weight excluding hydrogens is 242 g/mol. The van der Waals surface area contributed by atoms with Crippen molar-refractivity contribution in [2.75, 3.05) is 5.75 Å². The first kappa shape index (κ1) is 14.5. The topological polar surface area (TPSA) is 12.4 Å². The SMILES string of the molecule is Cc1cccc(/N=C\CCCS[Si](C)(C)C)c1. The zero-order chi connectivity index (χ0) is 12.7. The number of aliphatic imine (C=N–C) groups is 1. The highest BCUT2D eigenvalue weighted by Crippen LogP contribution is 2.20. The summed E-state index contributed by atoms with van der Waals surface area (Å²) in [6.07, 6.45) is 4.38. The number of aryl methyl sites for hydroxylation is 1. The Morgan fingerprint density at radius 2 is 2.06 bits per heavy atom. The molecule has 1 nitrogen and oxygen atoms in total. The molecule has 0 spiro atoms. The molecule has 1 aromatic rings. The summed E-state index contributed by atoms with van der Waals surface area (Å²) in [7, 11) is -0.917. The van der Waals surface area contributed by atoms with Gasteiger partial charge in [-0.05, 0) is 43.2 Å². The van der Waals surface area contributed by atoms with Crippen molar-refractivity contribution in [1.29, 1.82) is 0 Å². The molecule has 0 heterocycles. The van der Waals surface area contributed by atoms with Gasteiger partial charge in [-0.15, -0.1) is 0 Å². The van der Waals surface area contributed by atoms with Gasteiger partial charge in [-0.1, -0.05) is 31.8 Å². The fourth-order valence-corrected chi connectivity index (χ4v) is 4.62. The van der Waals surface area contributed by atoms with Crippen molar-refractivity contribution in [2.45, 2.75) is 39.4 Å². The average molecular weight is 265 g/mol. The smallest absolute Gasteiger partial charge is 0.108 e. The van der Waals surface area contributed by atoms with Gasteiger partial charge in [0, 0.05) is 6.21 Å². The molecule has 1 aromatic carbocycles. The van der Waals surface area contributed by atoms with E-state index in [2.05, 4.69) is 73.2 Å². The van der Waals surface area contributed by atoms with Gasteiger partial charge in [-0.25, -0.2) is 0 Å². The van der Waals surface area contributed by atoms with Gasteiger partial charge >= 0.3 is 0 Å². The quantitative estimate of drug-likeness (QED) is 0.398. The van der Waals surface area contributed by atoms with E-state index >= 15 is 0 Å². The van der Waals surface area contributed by atoms with Crippen molar-refractivity contribution in [2.24, 2.45) is 4.99 Å². The maximum absolute atomic E-state index is 4.48. The normalized spacial score (nSPS) is 12.2. The third kappa shape index (κ3) is 7.39. The van der Waals surface area contributed by atoms with Crippen LogP contribution in [0.5, 0.6) is 0 Å². The third-order valence-corrected chi connectivity index (χ3v) is 6.82. The number of nitrogens with zero attached hydrogens (tertiary/aromatic N) is 1. The molecule has 3 heteroatoms. The van der Waals surface area contributed by atoms with Gasteiger partial charge in [-0.3, -0.25) is 4.99 Å². The van der Waals surface area contributed by atoms with Crippen LogP contribution in [-0.4, -0.2) is 19.2 Å². The summed E-state index contributed by atoms with van der Waals surface area (Å²) >= 11 is 2.16. The Labute approximate surface area is 110 Å². The van der Waals surface area contributed by atoms with Crippen molar-refractivity contribution >= 4 is 30.3 Å². The van der Waals surface area contributed by atoms with Crippen LogP contribution in [-0.2, 0) is 0 Å². The molecule has 0 aliphatic heterocycles. The molecule has 0 N–H and O–H groups in total. The number of rotatable bonds is 6. The second-order valence-electron chi connectivity index (χ2n) is 5.25. The summed E-state index contributed by atoms with van der Waals surface area (Å²) in [5.41, 5.74) is 2.34. The minimum absolute atomic E-state index is 0.917. The fourth-order valence-electron chi connectivity index (χ4n) is 1.43. The van der Waals surface area contributed by atoms with Gasteiger partial charge in [0.1, 0.15) is 7.22 Å². The monoisotopic (exact) mass is 265 g/mol. The van der Waals surface area contributed by atoms with Crippen LogP contribution in [0.3, 0.4) is 0 Å². The molecule has 0 atom stereocenters. The first-order chi connectivity index (χ1) is 7.97. The minimum Gasteiger partial charge on any atom is -0.261 e. The Hall–Kier alpha value is -0.543. The Morgan fingerprint density at radius 1 is 1.29 bits per heavy atom. The van der Waals surface area contributed by atoms with E-state index in [1.807, 2.05) is 0 Å². The standard InChI is InChI=1S/C14H23NSSi/c1-13-8-7-9-14(12-13)15-10-5-6-11-16-17(2,3)4/h7-10,12H,5-6,11H2,1-4H3/b15-10-. The van der Waals surface area contributed by atoms with E-state index in [-0.39, 0.29) is 0 Å². The number of hydrogen-bond donors (Lipinski definition) is 0. The zero-order valence-corrected chi connectivity index (χ0v) is 13.2. The van der Waals surface area contributed by atoms with Crippen molar-refractivity contribution in [3.63, 3.8) is 0 Å². The lowest BCUT2D eigenvalue weighted by Gasteiger charge is -2.13. The van der Waals surface area contributed by atoms with Crippen LogP contribution in [0.25, 0.3) is 0 Å². The van der Waals surface area contributed by atoms with E-state index in [4.69, 9.17) is 0 Å². The summed E-state index contributed by atoms with van der Waals surface area (Å²) in [6, 6.07) is 8.33. The Bertz CT molecular complexity index is 369. The number of unbranched alkanes of at least 4 members (excludes halogenated alkanes) is 1. The molecule has 0 saturated heterocycles. The van der Waals surface area contributed by atoms with Crippen LogP contribution in [0.1, 0.15) is 18.4 Å². The molecule has 0 saturated carbocycles. The van der Waals surface area contributed by atoms with E-state index in [9.17, 15) is 0 Å². The van der Waals surface area contributed by atoms with E-state index in [1.165, 1.54) is 17.7 Å². The predicted octanol–water partition coefficient (Wildman–Crippen LogP) is 5.05. The van der Waals surface area contributed by atoms with Crippen LogP contribution >= 0.6 is 11.2 Å². The lowest BCUT2D eigenvalue weighted by atomic mass is 10.2. The lowest BCUT2D eigenvalue weighted by molar-refractivity contribution is 1.03. The molecule has 1 rings (SSSR count). The number of hydrogen-bond acceptors (Lipinski definition) is 2. The van der Waals surface area contributed by atoms with Gasteiger partial charge in [0.05, 0.1) is 5.69 Å². The molecule has 0 fully saturated rings. The van der Waals surface area contributed by atoms with E-state index < -0.39 is 7.22 Å². The Balaban J connectivity index is 2.23. The summed E-state index contributed by atoms with van der Waals surface area (Å²) < 4.78 is 0. The minimum atomic E-state index is -0.917. The molecule has 0 radical (unpaired) electrons. The third-order valence-electron chi connectivity index (χ3n) is 2.25. The molecular formula is C14H23NSSi. The van der Waals surface area contributed by atoms with Crippen molar-refractivity contribution in [3.05, 3.63) is 29.8 Å². The predicted molar refractivity (Wildman–Crippen MR) is 84.4 cm³/mol. The number of benzene rings is 1. The second kappa shape index (κ2) is 7.02. The highest BCUT2D eigenvalue weighted by molar-refractivity contribution is 8.28. The fraction of sp³-hybridized carbons (Fsp3) is 0.500. The molecule has 0 aliphatic rings. The molecule has 0 aliphatic carbocycles.